The highest BCUT2D eigenvalue weighted by atomic mass is 35.5. The highest BCUT2D eigenvalue weighted by Gasteiger charge is 2.33. The zero-order valence-electron chi connectivity index (χ0n) is 22.3. The molecule has 39 heavy (non-hydrogen) atoms. The first-order valence-electron chi connectivity index (χ1n) is 12.5. The van der Waals surface area contributed by atoms with E-state index in [2.05, 4.69) is 5.32 Å². The summed E-state index contributed by atoms with van der Waals surface area (Å²) in [5.41, 5.74) is 2.57. The zero-order valence-corrected chi connectivity index (χ0v) is 23.0. The summed E-state index contributed by atoms with van der Waals surface area (Å²) in [6, 6.07) is 16.7. The Balaban J connectivity index is 1.60. The summed E-state index contributed by atoms with van der Waals surface area (Å²) in [5, 5.41) is 22.7. The lowest BCUT2D eigenvalue weighted by molar-refractivity contribution is -0.137. The number of aliphatic hydroxyl groups excluding tert-OH is 1. The van der Waals surface area contributed by atoms with Gasteiger partial charge in [-0.15, -0.1) is 0 Å². The van der Waals surface area contributed by atoms with Crippen molar-refractivity contribution in [2.75, 3.05) is 13.2 Å². The second-order valence-electron chi connectivity index (χ2n) is 10.3. The molecule has 0 aliphatic rings. The minimum absolute atomic E-state index is 0.0364. The lowest BCUT2D eigenvalue weighted by Gasteiger charge is -2.29. The van der Waals surface area contributed by atoms with Crippen LogP contribution in [0.5, 0.6) is 0 Å². The van der Waals surface area contributed by atoms with E-state index in [0.29, 0.717) is 17.5 Å². The first-order valence-corrected chi connectivity index (χ1v) is 12.9. The summed E-state index contributed by atoms with van der Waals surface area (Å²) < 4.78 is 45.6. The number of β-amino-alcohol motifs (C(OH)–C–C–N with tert-alkyl or cyclic N) is 1. The average molecular weight is 564 g/mol. The van der Waals surface area contributed by atoms with Gasteiger partial charge in [0.05, 0.1) is 35.0 Å². The predicted molar refractivity (Wildman–Crippen MR) is 146 cm³/mol. The van der Waals surface area contributed by atoms with Crippen LogP contribution in [0.2, 0.25) is 5.02 Å². The number of hydrogen-bond donors (Lipinski definition) is 3. The van der Waals surface area contributed by atoms with Crippen LogP contribution in [0.4, 0.5) is 13.2 Å². The van der Waals surface area contributed by atoms with Gasteiger partial charge in [0.15, 0.2) is 0 Å². The van der Waals surface area contributed by atoms with Gasteiger partial charge in [-0.1, -0.05) is 54.1 Å². The summed E-state index contributed by atoms with van der Waals surface area (Å²) in [7, 11) is 0. The molecule has 0 amide bonds. The first-order chi connectivity index (χ1) is 18.2. The smallest absolute Gasteiger partial charge is 0.417 e. The molecule has 0 aliphatic carbocycles. The Bertz CT molecular complexity index is 1310. The molecule has 2 atom stereocenters. The maximum atomic E-state index is 13.2. The Hall–Kier alpha value is -2.91. The largest absolute Gasteiger partial charge is 0.478 e. The van der Waals surface area contributed by atoms with E-state index in [1.807, 2.05) is 51.1 Å². The topological polar surface area (TPSA) is 78.8 Å². The van der Waals surface area contributed by atoms with E-state index in [1.165, 1.54) is 6.07 Å². The molecule has 0 aliphatic heterocycles. The number of carboxylic acid groups (broad SMARTS) is 1. The number of carbonyl (C=O) groups is 1. The van der Waals surface area contributed by atoms with Crippen molar-refractivity contribution >= 4 is 17.6 Å². The molecule has 0 aromatic heterocycles. The van der Waals surface area contributed by atoms with Crippen molar-refractivity contribution in [3.63, 3.8) is 0 Å². The lowest BCUT2D eigenvalue weighted by atomic mass is 9.93. The Kier molecular flexibility index (Phi) is 9.83. The number of aromatic carboxylic acids is 1. The fraction of sp³-hybridized carbons (Fsp3) is 0.367. The molecule has 3 N–H and O–H groups in total. The van der Waals surface area contributed by atoms with E-state index >= 15 is 0 Å². The Morgan fingerprint density at radius 3 is 2.41 bits per heavy atom. The average Bonchev–Trinajstić information content (AvgIpc) is 2.86. The number of nitrogens with one attached hydrogen (secondary N) is 1. The SMILES string of the molecule is Cc1cc(-c2ccccc2C(C)OC[C@@H](O)CNC(C)(C)Cc2ccc(Cl)c(C(F)(F)F)c2)ccc1C(=O)O. The van der Waals surface area contributed by atoms with Crippen molar-refractivity contribution < 1.29 is 32.9 Å². The van der Waals surface area contributed by atoms with Crippen LogP contribution in [-0.4, -0.2) is 41.0 Å². The Labute approximate surface area is 231 Å². The van der Waals surface area contributed by atoms with Crippen LogP contribution >= 0.6 is 11.6 Å². The molecule has 0 radical (unpaired) electrons. The fourth-order valence-electron chi connectivity index (χ4n) is 4.46. The molecule has 0 saturated heterocycles. The molecule has 0 heterocycles. The summed E-state index contributed by atoms with van der Waals surface area (Å²) >= 11 is 5.72. The Morgan fingerprint density at radius 2 is 1.77 bits per heavy atom. The van der Waals surface area contributed by atoms with E-state index in [1.54, 1.807) is 25.1 Å². The third-order valence-electron chi connectivity index (χ3n) is 6.50. The van der Waals surface area contributed by atoms with Crippen LogP contribution in [0.25, 0.3) is 11.1 Å². The maximum absolute atomic E-state index is 13.2. The van der Waals surface area contributed by atoms with Gasteiger partial charge in [-0.3, -0.25) is 0 Å². The number of ether oxygens (including phenoxy) is 1. The van der Waals surface area contributed by atoms with Gasteiger partial charge in [0.25, 0.3) is 0 Å². The monoisotopic (exact) mass is 563 g/mol. The number of aliphatic hydroxyl groups is 1. The van der Waals surface area contributed by atoms with E-state index in [9.17, 15) is 28.2 Å². The number of benzene rings is 3. The van der Waals surface area contributed by atoms with Gasteiger partial charge in [0.2, 0.25) is 0 Å². The number of hydrogen-bond acceptors (Lipinski definition) is 4. The van der Waals surface area contributed by atoms with Crippen molar-refractivity contribution in [3.8, 4) is 11.1 Å². The standard InChI is InChI=1S/C30H33ClF3NO4/c1-18-13-21(10-11-23(18)28(37)38)25-8-6-5-7-24(25)19(2)39-17-22(36)16-35-29(3,4)15-20-9-12-27(31)26(14-20)30(32,33)34/h5-14,19,22,35-36H,15-17H2,1-4H3,(H,37,38)/t19?,22-/m0/s1. The van der Waals surface area contributed by atoms with Gasteiger partial charge >= 0.3 is 12.1 Å². The van der Waals surface area contributed by atoms with Gasteiger partial charge in [-0.05, 0) is 80.1 Å². The molecule has 3 rings (SSSR count). The summed E-state index contributed by atoms with van der Waals surface area (Å²) in [5.74, 6) is -0.978. The maximum Gasteiger partial charge on any atom is 0.417 e. The molecule has 0 saturated carbocycles. The first kappa shape index (κ1) is 30.6. The van der Waals surface area contributed by atoms with Crippen molar-refractivity contribution in [1.82, 2.24) is 5.32 Å². The quantitative estimate of drug-likeness (QED) is 0.232. The van der Waals surface area contributed by atoms with Crippen molar-refractivity contribution in [2.24, 2.45) is 0 Å². The lowest BCUT2D eigenvalue weighted by Crippen LogP contribution is -2.46. The van der Waals surface area contributed by atoms with Gasteiger partial charge in [-0.2, -0.15) is 13.2 Å². The van der Waals surface area contributed by atoms with Gasteiger partial charge in [0.1, 0.15) is 0 Å². The summed E-state index contributed by atoms with van der Waals surface area (Å²) in [4.78, 5) is 11.4. The van der Waals surface area contributed by atoms with Crippen molar-refractivity contribution in [1.29, 1.82) is 0 Å². The Morgan fingerprint density at radius 1 is 1.08 bits per heavy atom. The predicted octanol–water partition coefficient (Wildman–Crippen LogP) is 7.08. The molecular formula is C30H33ClF3NO4. The molecule has 210 valence electrons. The molecule has 0 spiro atoms. The molecule has 5 nitrogen and oxygen atoms in total. The highest BCUT2D eigenvalue weighted by Crippen LogP contribution is 2.36. The van der Waals surface area contributed by atoms with E-state index < -0.39 is 29.4 Å². The number of halogens is 4. The number of alkyl halides is 3. The van der Waals surface area contributed by atoms with E-state index in [4.69, 9.17) is 16.3 Å². The van der Waals surface area contributed by atoms with Crippen LogP contribution < -0.4 is 5.32 Å². The minimum Gasteiger partial charge on any atom is -0.478 e. The van der Waals surface area contributed by atoms with E-state index in [-0.39, 0.29) is 29.8 Å². The van der Waals surface area contributed by atoms with Gasteiger partial charge in [0, 0.05) is 12.1 Å². The van der Waals surface area contributed by atoms with Crippen LogP contribution in [0, 0.1) is 6.92 Å². The van der Waals surface area contributed by atoms with Crippen LogP contribution in [-0.2, 0) is 17.3 Å². The van der Waals surface area contributed by atoms with E-state index in [0.717, 1.165) is 22.8 Å². The number of rotatable bonds is 11. The third-order valence-corrected chi connectivity index (χ3v) is 6.83. The second kappa shape index (κ2) is 12.5. The number of aryl methyl sites for hydroxylation is 1. The van der Waals surface area contributed by atoms with Gasteiger partial charge < -0.3 is 20.3 Å². The highest BCUT2D eigenvalue weighted by molar-refractivity contribution is 6.31. The summed E-state index contributed by atoms with van der Waals surface area (Å²) in [6.07, 6.45) is -5.45. The molecule has 3 aromatic rings. The minimum atomic E-state index is -4.53. The van der Waals surface area contributed by atoms with Crippen LogP contribution in [0.1, 0.15) is 59.5 Å². The fourth-order valence-corrected chi connectivity index (χ4v) is 4.68. The normalized spacial score (nSPS) is 13.8. The van der Waals surface area contributed by atoms with Crippen LogP contribution in [0.3, 0.4) is 0 Å². The van der Waals surface area contributed by atoms with Crippen LogP contribution in [0.15, 0.2) is 60.7 Å². The molecule has 0 fully saturated rings. The molecular weight excluding hydrogens is 531 g/mol. The number of carboxylic acids is 1. The van der Waals surface area contributed by atoms with Gasteiger partial charge in [-0.25, -0.2) is 4.79 Å². The van der Waals surface area contributed by atoms with Crippen molar-refractivity contribution in [2.45, 2.75) is 58.0 Å². The third kappa shape index (κ3) is 8.29. The van der Waals surface area contributed by atoms with Crippen molar-refractivity contribution in [3.05, 3.63) is 93.5 Å². The molecule has 9 heteroatoms. The molecule has 3 aromatic carbocycles. The molecule has 1 unspecified atom stereocenters. The zero-order chi connectivity index (χ0) is 29.0. The summed E-state index contributed by atoms with van der Waals surface area (Å²) in [6.45, 7) is 7.53. The molecule has 0 bridgehead atoms. The second-order valence-corrected chi connectivity index (χ2v) is 10.7.